The number of hydrogen-bond acceptors (Lipinski definition) is 9. The first-order valence-electron chi connectivity index (χ1n) is 10.4. The van der Waals surface area contributed by atoms with Gasteiger partial charge in [0.05, 0.1) is 11.8 Å². The van der Waals surface area contributed by atoms with E-state index in [-0.39, 0.29) is 16.5 Å². The van der Waals surface area contributed by atoms with Crippen LogP contribution in [0.2, 0.25) is 0 Å². The van der Waals surface area contributed by atoms with E-state index < -0.39 is 34.6 Å². The van der Waals surface area contributed by atoms with Crippen molar-refractivity contribution >= 4 is 38.4 Å². The monoisotopic (exact) mass is 472 g/mol. The van der Waals surface area contributed by atoms with Gasteiger partial charge < -0.3 is 31.0 Å². The van der Waals surface area contributed by atoms with E-state index in [0.29, 0.717) is 24.2 Å². The highest BCUT2D eigenvalue weighted by Gasteiger charge is 2.43. The van der Waals surface area contributed by atoms with E-state index in [1.807, 2.05) is 0 Å². The van der Waals surface area contributed by atoms with Crippen LogP contribution in [0.4, 0.5) is 11.4 Å². The first-order chi connectivity index (χ1) is 15.7. The molecule has 0 radical (unpaired) electrons. The lowest BCUT2D eigenvalue weighted by molar-refractivity contribution is -0.0364. The van der Waals surface area contributed by atoms with Crippen molar-refractivity contribution in [3.05, 3.63) is 48.3 Å². The van der Waals surface area contributed by atoms with Gasteiger partial charge in [0.1, 0.15) is 22.8 Å². The molecule has 2 aliphatic heterocycles. The van der Waals surface area contributed by atoms with Gasteiger partial charge in [-0.25, -0.2) is 22.7 Å². The highest BCUT2D eigenvalue weighted by atomic mass is 32.2. The molecule has 11 nitrogen and oxygen atoms in total. The number of sulfonamides is 1. The van der Waals surface area contributed by atoms with E-state index in [0.717, 1.165) is 15.3 Å². The van der Waals surface area contributed by atoms with Crippen molar-refractivity contribution in [3.63, 3.8) is 0 Å². The van der Waals surface area contributed by atoms with Crippen LogP contribution in [-0.2, 0) is 21.2 Å². The summed E-state index contributed by atoms with van der Waals surface area (Å²) in [5.74, 6) is -0.103. The topological polar surface area (TPSA) is 169 Å². The zero-order valence-corrected chi connectivity index (χ0v) is 18.6. The number of pyridine rings is 1. The summed E-state index contributed by atoms with van der Waals surface area (Å²) in [5, 5.41) is 22.0. The van der Waals surface area contributed by atoms with Crippen molar-refractivity contribution in [2.75, 3.05) is 12.8 Å². The number of nitrogen functional groups attached to an aromatic ring is 1. The molecular weight excluding hydrogens is 448 g/mol. The van der Waals surface area contributed by atoms with Crippen molar-refractivity contribution < 1.29 is 23.4 Å². The molecule has 0 amide bonds. The number of aromatic nitrogens is 2. The smallest absolute Gasteiger partial charge is 0.268 e. The minimum absolute atomic E-state index is 0.0850. The van der Waals surface area contributed by atoms with Crippen LogP contribution in [0.15, 0.2) is 52.6 Å². The van der Waals surface area contributed by atoms with Gasteiger partial charge in [-0.3, -0.25) is 0 Å². The molecule has 3 aromatic rings. The second-order valence-corrected chi connectivity index (χ2v) is 10.1. The summed E-state index contributed by atoms with van der Waals surface area (Å²) < 4.78 is 33.6. The number of nitrogens with zero attached hydrogens (tertiary/aromatic N) is 4. The average Bonchev–Trinajstić information content (AvgIpc) is 3.33. The van der Waals surface area contributed by atoms with E-state index in [9.17, 15) is 18.6 Å². The van der Waals surface area contributed by atoms with E-state index in [4.69, 9.17) is 16.2 Å². The normalized spacial score (nSPS) is 26.4. The fraction of sp³-hybridized carbons (Fsp3) is 0.333. The molecular formula is C21H24N6O5S. The molecule has 2 aliphatic rings. The van der Waals surface area contributed by atoms with Crippen LogP contribution in [0, 0.1) is 0 Å². The molecule has 1 saturated heterocycles. The fourth-order valence-corrected chi connectivity index (χ4v) is 5.47. The Labute approximate surface area is 190 Å². The lowest BCUT2D eigenvalue weighted by atomic mass is 10.0. The molecule has 1 aromatic carbocycles. The van der Waals surface area contributed by atoms with Gasteiger partial charge in [-0.15, -0.1) is 0 Å². The number of anilines is 1. The number of ether oxygens (including phenoxy) is 1. The molecule has 0 unspecified atom stereocenters. The summed E-state index contributed by atoms with van der Waals surface area (Å²) in [7, 11) is -2.37. The number of guanidine groups is 1. The maximum absolute atomic E-state index is 12.5. The second-order valence-electron chi connectivity index (χ2n) is 8.19. The SMILES string of the molecule is CN1C(N)=Nc2cc(CC[C@H]3O[C@@H](n4ccc5c(N)ccnc54)[C@H](O)[C@@H]3O)ccc2S1(=O)=O. The van der Waals surface area contributed by atoms with Gasteiger partial charge >= 0.3 is 0 Å². The number of aryl methyl sites for hydroxylation is 1. The largest absolute Gasteiger partial charge is 0.398 e. The van der Waals surface area contributed by atoms with Gasteiger partial charge in [-0.05, 0) is 42.7 Å². The summed E-state index contributed by atoms with van der Waals surface area (Å²) in [5.41, 5.74) is 13.9. The summed E-state index contributed by atoms with van der Waals surface area (Å²) in [6.45, 7) is 0. The maximum atomic E-state index is 12.5. The van der Waals surface area contributed by atoms with Gasteiger partial charge in [0, 0.05) is 30.5 Å². The zero-order valence-electron chi connectivity index (χ0n) is 17.7. The van der Waals surface area contributed by atoms with Crippen molar-refractivity contribution in [1.29, 1.82) is 0 Å². The summed E-state index contributed by atoms with van der Waals surface area (Å²) >= 11 is 0. The lowest BCUT2D eigenvalue weighted by Gasteiger charge is -2.24. The van der Waals surface area contributed by atoms with Crippen LogP contribution in [0.1, 0.15) is 18.2 Å². The van der Waals surface area contributed by atoms with E-state index in [2.05, 4.69) is 9.98 Å². The third kappa shape index (κ3) is 3.42. The van der Waals surface area contributed by atoms with E-state index >= 15 is 0 Å². The minimum Gasteiger partial charge on any atom is -0.398 e. The summed E-state index contributed by atoms with van der Waals surface area (Å²) in [6.07, 6.45) is 0.461. The van der Waals surface area contributed by atoms with Crippen molar-refractivity contribution in [1.82, 2.24) is 13.9 Å². The Kier molecular flexibility index (Phi) is 5.05. The Bertz CT molecular complexity index is 1370. The second kappa shape index (κ2) is 7.70. The predicted octanol–water partition coefficient (Wildman–Crippen LogP) is 0.451. The molecule has 12 heteroatoms. The van der Waals surface area contributed by atoms with E-state index in [1.54, 1.807) is 41.2 Å². The maximum Gasteiger partial charge on any atom is 0.268 e. The Morgan fingerprint density at radius 1 is 1.15 bits per heavy atom. The average molecular weight is 473 g/mol. The molecule has 4 heterocycles. The van der Waals surface area contributed by atoms with Crippen LogP contribution in [-0.4, -0.2) is 63.8 Å². The number of aliphatic hydroxyl groups excluding tert-OH is 2. The molecule has 0 saturated carbocycles. The Morgan fingerprint density at radius 3 is 2.73 bits per heavy atom. The standard InChI is InChI=1S/C21H24N6O5S/c1-26-21(23)25-14-10-11(3-5-16(14)33(26,30)31)2-4-15-17(28)18(29)20(32-15)27-9-7-12-13(22)6-8-24-19(12)27/h3,5-10,15,17-18,20,28-29H,2,4H2,1H3,(H2,22,24)(H2,23,25)/t15-,17-,18-,20-/m1/s1. The Hall–Kier alpha value is -3.19. The van der Waals surface area contributed by atoms with Gasteiger partial charge in [0.25, 0.3) is 10.0 Å². The number of rotatable bonds is 4. The van der Waals surface area contributed by atoms with Gasteiger partial charge in [-0.1, -0.05) is 6.07 Å². The Morgan fingerprint density at radius 2 is 1.94 bits per heavy atom. The first kappa shape index (κ1) is 21.6. The Balaban J connectivity index is 1.34. The van der Waals surface area contributed by atoms with E-state index in [1.165, 1.54) is 13.1 Å². The fourth-order valence-electron chi connectivity index (χ4n) is 4.28. The van der Waals surface area contributed by atoms with Crippen molar-refractivity contribution in [3.8, 4) is 0 Å². The zero-order chi connectivity index (χ0) is 23.5. The lowest BCUT2D eigenvalue weighted by Crippen LogP contribution is -2.40. The highest BCUT2D eigenvalue weighted by molar-refractivity contribution is 7.89. The van der Waals surface area contributed by atoms with Gasteiger partial charge in [-0.2, -0.15) is 0 Å². The van der Waals surface area contributed by atoms with Crippen LogP contribution >= 0.6 is 0 Å². The molecule has 0 aliphatic carbocycles. The van der Waals surface area contributed by atoms with Crippen LogP contribution in [0.3, 0.4) is 0 Å². The third-order valence-corrected chi connectivity index (χ3v) is 8.01. The molecule has 2 aromatic heterocycles. The molecule has 1 fully saturated rings. The predicted molar refractivity (Wildman–Crippen MR) is 121 cm³/mol. The molecule has 0 bridgehead atoms. The molecule has 0 spiro atoms. The molecule has 5 rings (SSSR count). The molecule has 174 valence electrons. The van der Waals surface area contributed by atoms with Gasteiger partial charge in [0.15, 0.2) is 6.23 Å². The first-order valence-corrected chi connectivity index (χ1v) is 11.8. The van der Waals surface area contributed by atoms with Crippen LogP contribution in [0.5, 0.6) is 0 Å². The number of nitrogens with two attached hydrogens (primary N) is 2. The number of hydrogen-bond donors (Lipinski definition) is 4. The minimum atomic E-state index is -3.72. The quantitative estimate of drug-likeness (QED) is 0.424. The number of benzene rings is 1. The highest BCUT2D eigenvalue weighted by Crippen LogP contribution is 2.36. The van der Waals surface area contributed by atoms with Crippen LogP contribution in [0.25, 0.3) is 11.0 Å². The summed E-state index contributed by atoms with van der Waals surface area (Å²) in [6, 6.07) is 8.34. The molecule has 6 N–H and O–H groups in total. The van der Waals surface area contributed by atoms with Crippen LogP contribution < -0.4 is 11.5 Å². The van der Waals surface area contributed by atoms with Crippen molar-refractivity contribution in [2.24, 2.45) is 10.7 Å². The van der Waals surface area contributed by atoms with Gasteiger partial charge in [0.2, 0.25) is 5.96 Å². The number of fused-ring (bicyclic) bond motifs is 2. The number of aliphatic imine (C=N–C) groups is 1. The molecule has 4 atom stereocenters. The summed E-state index contributed by atoms with van der Waals surface area (Å²) in [4.78, 5) is 8.58. The van der Waals surface area contributed by atoms with Crippen molar-refractivity contribution in [2.45, 2.75) is 42.3 Å². The molecule has 33 heavy (non-hydrogen) atoms. The number of aliphatic hydroxyl groups is 2. The third-order valence-electron chi connectivity index (χ3n) is 6.20.